The summed E-state index contributed by atoms with van der Waals surface area (Å²) in [4.78, 5) is 21.6. The number of aliphatic hydroxyl groups excluding tert-OH is 1. The Labute approximate surface area is 302 Å². The quantitative estimate of drug-likeness (QED) is 0.0705. The Hall–Kier alpha value is -3.73. The van der Waals surface area contributed by atoms with Gasteiger partial charge in [0.1, 0.15) is 17.8 Å². The Morgan fingerprint density at radius 3 is 2.43 bits per heavy atom. The van der Waals surface area contributed by atoms with E-state index in [0.717, 1.165) is 43.7 Å². The topological polar surface area (TPSA) is 140 Å². The molecule has 1 aliphatic carbocycles. The number of phenolic OH excluding ortho intramolecular Hbond substituents is 2. The van der Waals surface area contributed by atoms with Crippen molar-refractivity contribution in [3.63, 3.8) is 0 Å². The van der Waals surface area contributed by atoms with E-state index in [0.29, 0.717) is 47.0 Å². The van der Waals surface area contributed by atoms with Crippen LogP contribution in [-0.2, 0) is 13.0 Å². The minimum Gasteiger partial charge on any atom is -0.508 e. The third kappa shape index (κ3) is 10.4. The van der Waals surface area contributed by atoms with E-state index in [2.05, 4.69) is 26.3 Å². The van der Waals surface area contributed by atoms with E-state index in [1.165, 1.54) is 108 Å². The van der Waals surface area contributed by atoms with E-state index in [1.54, 1.807) is 12.1 Å². The van der Waals surface area contributed by atoms with Crippen molar-refractivity contribution in [2.75, 3.05) is 32.7 Å². The highest BCUT2D eigenvalue weighted by atomic mass is 16.3. The maximum Gasteiger partial charge on any atom is 0.248 e. The molecule has 276 valence electrons. The van der Waals surface area contributed by atoms with Gasteiger partial charge in [0.2, 0.25) is 5.56 Å². The normalized spacial score (nSPS) is 17.0. The lowest BCUT2D eigenvalue weighted by Gasteiger charge is -2.31. The molecule has 0 spiro atoms. The number of aliphatic hydroxyl groups is 1. The molecule has 1 saturated heterocycles. The molecule has 3 heterocycles. The Morgan fingerprint density at radius 2 is 1.63 bits per heavy atom. The summed E-state index contributed by atoms with van der Waals surface area (Å²) in [5.41, 5.74) is 3.09. The number of H-pyrrole nitrogens is 1. The molecule has 10 nitrogen and oxygen atoms in total. The van der Waals surface area contributed by atoms with Crippen LogP contribution >= 0.6 is 0 Å². The van der Waals surface area contributed by atoms with Gasteiger partial charge in [-0.3, -0.25) is 9.48 Å². The van der Waals surface area contributed by atoms with Crippen molar-refractivity contribution in [2.24, 2.45) is 5.92 Å². The molecular formula is C41H58N6O4. The zero-order valence-corrected chi connectivity index (χ0v) is 30.2. The second-order valence-electron chi connectivity index (χ2n) is 15.0. The zero-order valence-electron chi connectivity index (χ0n) is 30.2. The number of aromatic hydroxyl groups is 2. The summed E-state index contributed by atoms with van der Waals surface area (Å²) in [5.74, 6) is 2.39. The Bertz CT molecular complexity index is 1720. The average Bonchev–Trinajstić information content (AvgIpc) is 3.58. The summed E-state index contributed by atoms with van der Waals surface area (Å²) in [5, 5.41) is 40.3. The first-order valence-corrected chi connectivity index (χ1v) is 19.6. The SMILES string of the molecule is O=c1ccc2c([C@@H](O)CNCCCCCCCCCN3CCC(Cn4cnc(Cc5cccc(O)c5C5CCCCC5)n4)CC3)ccc(O)c2[nH]1. The molecule has 1 atom stereocenters. The standard InChI is InChI=1S/C41H58N6O4/c48-35-15-11-14-32(40(35)31-12-7-6-8-13-31)26-38-43-29-47(45-38)28-30-20-24-46(25-21-30)23-10-5-3-1-2-4-9-22-42-27-37(50)33-16-18-36(49)41-34(33)17-19-39(51)44-41/h11,14-19,29-31,37,42,48-50H,1-10,12-13,20-28H2,(H,44,51)/t37-/m0/s1. The monoisotopic (exact) mass is 698 g/mol. The van der Waals surface area contributed by atoms with Gasteiger partial charge in [-0.15, -0.1) is 0 Å². The summed E-state index contributed by atoms with van der Waals surface area (Å²) >= 11 is 0. The Morgan fingerprint density at radius 1 is 0.863 bits per heavy atom. The van der Waals surface area contributed by atoms with Gasteiger partial charge in [-0.2, -0.15) is 5.10 Å². The predicted molar refractivity (Wildman–Crippen MR) is 202 cm³/mol. The van der Waals surface area contributed by atoms with Gasteiger partial charge >= 0.3 is 0 Å². The summed E-state index contributed by atoms with van der Waals surface area (Å²) in [6, 6.07) is 12.2. The predicted octanol–water partition coefficient (Wildman–Crippen LogP) is 6.94. The molecule has 0 bridgehead atoms. The van der Waals surface area contributed by atoms with E-state index in [-0.39, 0.29) is 11.3 Å². The van der Waals surface area contributed by atoms with Crippen LogP contribution in [0.4, 0.5) is 0 Å². The molecular weight excluding hydrogens is 640 g/mol. The number of phenols is 2. The first-order chi connectivity index (χ1) is 24.9. The molecule has 51 heavy (non-hydrogen) atoms. The van der Waals surface area contributed by atoms with Crippen molar-refractivity contribution >= 4 is 10.9 Å². The highest BCUT2D eigenvalue weighted by Gasteiger charge is 2.23. The van der Waals surface area contributed by atoms with E-state index >= 15 is 0 Å². The Kier molecular flexibility index (Phi) is 13.6. The molecule has 2 aromatic heterocycles. The van der Waals surface area contributed by atoms with Gasteiger partial charge in [0.05, 0.1) is 11.6 Å². The van der Waals surface area contributed by atoms with Gasteiger partial charge in [-0.05, 0) is 106 Å². The van der Waals surface area contributed by atoms with Crippen LogP contribution in [0.25, 0.3) is 10.9 Å². The van der Waals surface area contributed by atoms with Crippen molar-refractivity contribution in [3.8, 4) is 11.5 Å². The molecule has 10 heteroatoms. The number of hydrogen-bond acceptors (Lipinski definition) is 8. The minimum absolute atomic E-state index is 0.00660. The second-order valence-corrected chi connectivity index (χ2v) is 15.0. The van der Waals surface area contributed by atoms with Gasteiger partial charge in [-0.25, -0.2) is 4.98 Å². The van der Waals surface area contributed by atoms with Crippen molar-refractivity contribution in [1.82, 2.24) is 30.0 Å². The molecule has 5 N–H and O–H groups in total. The molecule has 2 fully saturated rings. The maximum absolute atomic E-state index is 11.6. The first kappa shape index (κ1) is 37.0. The highest BCUT2D eigenvalue weighted by Crippen LogP contribution is 2.39. The third-order valence-electron chi connectivity index (χ3n) is 11.2. The number of benzene rings is 2. The molecule has 6 rings (SSSR count). The summed E-state index contributed by atoms with van der Waals surface area (Å²) < 4.78 is 2.04. The fraction of sp³-hybridized carbons (Fsp3) is 0.585. The number of rotatable bonds is 18. The lowest BCUT2D eigenvalue weighted by Crippen LogP contribution is -2.35. The summed E-state index contributed by atoms with van der Waals surface area (Å²) in [7, 11) is 0. The van der Waals surface area contributed by atoms with E-state index in [4.69, 9.17) is 5.10 Å². The maximum atomic E-state index is 11.6. The Balaban J connectivity index is 0.793. The van der Waals surface area contributed by atoms with Gasteiger partial charge < -0.3 is 30.5 Å². The van der Waals surface area contributed by atoms with Crippen molar-refractivity contribution < 1.29 is 15.3 Å². The van der Waals surface area contributed by atoms with Crippen molar-refractivity contribution in [2.45, 2.75) is 115 Å². The van der Waals surface area contributed by atoms with Crippen LogP contribution in [0.1, 0.15) is 124 Å². The van der Waals surface area contributed by atoms with E-state index in [9.17, 15) is 20.1 Å². The van der Waals surface area contributed by atoms with Crippen LogP contribution < -0.4 is 10.9 Å². The largest absolute Gasteiger partial charge is 0.508 e. The number of nitrogens with zero attached hydrogens (tertiary/aromatic N) is 4. The first-order valence-electron chi connectivity index (χ1n) is 19.6. The number of aromatic nitrogens is 4. The molecule has 0 radical (unpaired) electrons. The zero-order chi connectivity index (χ0) is 35.4. The van der Waals surface area contributed by atoms with E-state index in [1.807, 2.05) is 23.1 Å². The molecule has 0 amide bonds. The molecule has 1 aliphatic heterocycles. The van der Waals surface area contributed by atoms with Crippen LogP contribution in [0, 0.1) is 5.92 Å². The van der Waals surface area contributed by atoms with Crippen molar-refractivity contribution in [3.05, 3.63) is 81.7 Å². The van der Waals surface area contributed by atoms with Gasteiger partial charge in [0.25, 0.3) is 0 Å². The minimum atomic E-state index is -0.714. The number of nitrogens with one attached hydrogen (secondary N) is 2. The van der Waals surface area contributed by atoms with Crippen molar-refractivity contribution in [1.29, 1.82) is 0 Å². The molecule has 1 saturated carbocycles. The number of hydrogen-bond donors (Lipinski definition) is 5. The van der Waals surface area contributed by atoms with Crippen LogP contribution in [0.2, 0.25) is 0 Å². The molecule has 2 aromatic carbocycles. The lowest BCUT2D eigenvalue weighted by atomic mass is 9.81. The second kappa shape index (κ2) is 18.7. The van der Waals surface area contributed by atoms with Crippen LogP contribution in [-0.4, -0.2) is 72.7 Å². The summed E-state index contributed by atoms with van der Waals surface area (Å²) in [6.45, 7) is 5.77. The fourth-order valence-electron chi connectivity index (χ4n) is 8.31. The van der Waals surface area contributed by atoms with E-state index < -0.39 is 6.10 Å². The molecule has 0 unspecified atom stereocenters. The molecule has 4 aromatic rings. The smallest absolute Gasteiger partial charge is 0.248 e. The molecule has 2 aliphatic rings. The van der Waals surface area contributed by atoms with Crippen LogP contribution in [0.15, 0.2) is 53.6 Å². The third-order valence-corrected chi connectivity index (χ3v) is 11.2. The number of pyridine rings is 1. The van der Waals surface area contributed by atoms with Gasteiger partial charge in [-0.1, -0.05) is 69.6 Å². The summed E-state index contributed by atoms with van der Waals surface area (Å²) in [6.07, 6.45) is 19.0. The number of fused-ring (bicyclic) bond motifs is 1. The average molecular weight is 699 g/mol. The van der Waals surface area contributed by atoms with Crippen LogP contribution in [0.3, 0.4) is 0 Å². The highest BCUT2D eigenvalue weighted by molar-refractivity contribution is 5.87. The van der Waals surface area contributed by atoms with Crippen LogP contribution in [0.5, 0.6) is 11.5 Å². The number of piperidine rings is 1. The van der Waals surface area contributed by atoms with Gasteiger partial charge in [0, 0.05) is 36.5 Å². The van der Waals surface area contributed by atoms with Gasteiger partial charge in [0.15, 0.2) is 5.82 Å². The number of aromatic amines is 1. The number of likely N-dealkylation sites (tertiary alicyclic amines) is 1. The fourth-order valence-corrected chi connectivity index (χ4v) is 8.31. The lowest BCUT2D eigenvalue weighted by molar-refractivity contribution is 0.168. The number of unbranched alkanes of at least 4 members (excludes halogenated alkanes) is 6.